The summed E-state index contributed by atoms with van der Waals surface area (Å²) in [7, 11) is 0. The Morgan fingerprint density at radius 3 is 2.50 bits per heavy atom. The molecule has 1 fully saturated rings. The van der Waals surface area contributed by atoms with Gasteiger partial charge >= 0.3 is 5.97 Å². The average Bonchev–Trinajstić information content (AvgIpc) is 2.26. The Bertz CT molecular complexity index is 209. The van der Waals surface area contributed by atoms with Gasteiger partial charge < -0.3 is 4.84 Å². The fraction of sp³-hybridized carbons (Fsp3) is 0.800. The summed E-state index contributed by atoms with van der Waals surface area (Å²) in [6, 6.07) is 0. The lowest BCUT2D eigenvalue weighted by atomic mass is 9.89. The summed E-state index contributed by atoms with van der Waals surface area (Å²) in [6.45, 7) is 1.71. The molecule has 4 heteroatoms. The number of carbonyl (C=O) groups is 2. The monoisotopic (exact) mass is 199 g/mol. The van der Waals surface area contributed by atoms with E-state index in [4.69, 9.17) is 4.84 Å². The molecule has 0 bridgehead atoms. The second kappa shape index (κ2) is 5.62. The minimum Gasteiger partial charge on any atom is -0.340 e. The van der Waals surface area contributed by atoms with Gasteiger partial charge in [0.05, 0.1) is 5.92 Å². The Hall–Kier alpha value is -1.06. The minimum absolute atomic E-state index is 0.0130. The number of amides is 1. The summed E-state index contributed by atoms with van der Waals surface area (Å²) in [5, 5.41) is 0. The van der Waals surface area contributed by atoms with Gasteiger partial charge in [-0.1, -0.05) is 26.2 Å². The van der Waals surface area contributed by atoms with E-state index in [1.807, 2.05) is 0 Å². The molecule has 1 aliphatic rings. The Kier molecular flexibility index (Phi) is 4.43. The van der Waals surface area contributed by atoms with Crippen LogP contribution in [0.3, 0.4) is 0 Å². The number of rotatable bonds is 2. The summed E-state index contributed by atoms with van der Waals surface area (Å²) in [4.78, 5) is 26.9. The maximum Gasteiger partial charge on any atom is 0.335 e. The van der Waals surface area contributed by atoms with Gasteiger partial charge in [-0.25, -0.2) is 4.79 Å². The van der Waals surface area contributed by atoms with Crippen LogP contribution in [0.4, 0.5) is 0 Å². The highest BCUT2D eigenvalue weighted by Crippen LogP contribution is 2.24. The van der Waals surface area contributed by atoms with E-state index in [1.165, 1.54) is 6.42 Å². The predicted molar refractivity (Wildman–Crippen MR) is 51.1 cm³/mol. The smallest absolute Gasteiger partial charge is 0.335 e. The van der Waals surface area contributed by atoms with Gasteiger partial charge in [-0.2, -0.15) is 5.48 Å². The highest BCUT2D eigenvalue weighted by Gasteiger charge is 2.23. The molecule has 80 valence electrons. The fourth-order valence-electron chi connectivity index (χ4n) is 1.60. The van der Waals surface area contributed by atoms with E-state index < -0.39 is 0 Å². The predicted octanol–water partition coefficient (Wildman–Crippen LogP) is 1.55. The van der Waals surface area contributed by atoms with E-state index in [-0.39, 0.29) is 17.8 Å². The van der Waals surface area contributed by atoms with Crippen LogP contribution in [0.1, 0.15) is 45.4 Å². The Balaban J connectivity index is 2.23. The molecule has 14 heavy (non-hydrogen) atoms. The molecular weight excluding hydrogens is 182 g/mol. The van der Waals surface area contributed by atoms with Crippen LogP contribution in [-0.4, -0.2) is 11.9 Å². The van der Waals surface area contributed by atoms with Crippen LogP contribution in [0.2, 0.25) is 0 Å². The summed E-state index contributed by atoms with van der Waals surface area (Å²) in [5.74, 6) is -0.554. The first-order valence-corrected chi connectivity index (χ1v) is 5.23. The van der Waals surface area contributed by atoms with Crippen LogP contribution >= 0.6 is 0 Å². The largest absolute Gasteiger partial charge is 0.340 e. The van der Waals surface area contributed by atoms with E-state index >= 15 is 0 Å². The van der Waals surface area contributed by atoms with Crippen molar-refractivity contribution >= 4 is 11.9 Å². The third-order valence-corrected chi connectivity index (χ3v) is 2.53. The summed E-state index contributed by atoms with van der Waals surface area (Å²) < 4.78 is 0. The molecule has 0 aliphatic heterocycles. The van der Waals surface area contributed by atoms with Gasteiger partial charge in [0.25, 0.3) is 5.91 Å². The van der Waals surface area contributed by atoms with Crippen LogP contribution in [0.25, 0.3) is 0 Å². The van der Waals surface area contributed by atoms with Crippen molar-refractivity contribution in [1.29, 1.82) is 0 Å². The number of nitrogens with one attached hydrogen (secondary N) is 1. The molecule has 0 aromatic rings. The van der Waals surface area contributed by atoms with Gasteiger partial charge in [0, 0.05) is 6.42 Å². The van der Waals surface area contributed by atoms with Crippen molar-refractivity contribution in [2.24, 2.45) is 5.92 Å². The number of carbonyl (C=O) groups excluding carboxylic acids is 2. The molecule has 0 aromatic heterocycles. The quantitative estimate of drug-likeness (QED) is 0.686. The van der Waals surface area contributed by atoms with E-state index in [2.05, 4.69) is 5.48 Å². The van der Waals surface area contributed by atoms with Gasteiger partial charge in [0.2, 0.25) is 0 Å². The normalized spacial score (nSPS) is 17.5. The third-order valence-electron chi connectivity index (χ3n) is 2.53. The second-order valence-corrected chi connectivity index (χ2v) is 3.63. The highest BCUT2D eigenvalue weighted by atomic mass is 16.7. The number of hydrogen-bond acceptors (Lipinski definition) is 3. The zero-order valence-electron chi connectivity index (χ0n) is 8.54. The maximum absolute atomic E-state index is 11.4. The van der Waals surface area contributed by atoms with Gasteiger partial charge in [0.15, 0.2) is 0 Å². The van der Waals surface area contributed by atoms with E-state index in [0.717, 1.165) is 25.7 Å². The molecule has 4 nitrogen and oxygen atoms in total. The van der Waals surface area contributed by atoms with Gasteiger partial charge in [-0.3, -0.25) is 4.79 Å². The van der Waals surface area contributed by atoms with Crippen LogP contribution in [0, 0.1) is 5.92 Å². The lowest BCUT2D eigenvalue weighted by Crippen LogP contribution is -2.30. The zero-order valence-corrected chi connectivity index (χ0v) is 8.54. The SMILES string of the molecule is CCC(=O)NOC(=O)C1CCCCC1. The first-order chi connectivity index (χ1) is 6.74. The van der Waals surface area contributed by atoms with E-state index in [9.17, 15) is 9.59 Å². The Labute approximate surface area is 84.0 Å². The number of hydroxylamine groups is 1. The first kappa shape index (κ1) is 11.0. The molecule has 0 radical (unpaired) electrons. The van der Waals surface area contributed by atoms with Crippen molar-refractivity contribution in [1.82, 2.24) is 5.48 Å². The van der Waals surface area contributed by atoms with Crippen LogP contribution < -0.4 is 5.48 Å². The second-order valence-electron chi connectivity index (χ2n) is 3.63. The summed E-state index contributed by atoms with van der Waals surface area (Å²) in [5.41, 5.74) is 2.14. The molecule has 0 spiro atoms. The topological polar surface area (TPSA) is 55.4 Å². The summed E-state index contributed by atoms with van der Waals surface area (Å²) in [6.07, 6.45) is 5.48. The lowest BCUT2D eigenvalue weighted by molar-refractivity contribution is -0.163. The molecule has 0 heterocycles. The molecule has 0 atom stereocenters. The molecule has 1 aliphatic carbocycles. The van der Waals surface area contributed by atoms with Crippen molar-refractivity contribution in [3.8, 4) is 0 Å². The van der Waals surface area contributed by atoms with E-state index in [0.29, 0.717) is 6.42 Å². The third kappa shape index (κ3) is 3.36. The lowest BCUT2D eigenvalue weighted by Gasteiger charge is -2.19. The van der Waals surface area contributed by atoms with Crippen molar-refractivity contribution in [3.63, 3.8) is 0 Å². The number of hydrogen-bond donors (Lipinski definition) is 1. The van der Waals surface area contributed by atoms with Crippen LogP contribution in [-0.2, 0) is 14.4 Å². The van der Waals surface area contributed by atoms with Crippen molar-refractivity contribution in [2.45, 2.75) is 45.4 Å². The highest BCUT2D eigenvalue weighted by molar-refractivity contribution is 5.78. The molecule has 1 amide bonds. The molecule has 1 N–H and O–H groups in total. The molecule has 1 saturated carbocycles. The molecular formula is C10H17NO3. The zero-order chi connectivity index (χ0) is 10.4. The summed E-state index contributed by atoms with van der Waals surface area (Å²) >= 11 is 0. The molecule has 1 rings (SSSR count). The van der Waals surface area contributed by atoms with Crippen LogP contribution in [0.15, 0.2) is 0 Å². The molecule has 0 aromatic carbocycles. The van der Waals surface area contributed by atoms with Gasteiger partial charge in [-0.15, -0.1) is 0 Å². The molecule has 0 saturated heterocycles. The van der Waals surface area contributed by atoms with Crippen molar-refractivity contribution in [3.05, 3.63) is 0 Å². The van der Waals surface area contributed by atoms with Crippen molar-refractivity contribution < 1.29 is 14.4 Å². The average molecular weight is 199 g/mol. The van der Waals surface area contributed by atoms with Gasteiger partial charge in [0.1, 0.15) is 0 Å². The Morgan fingerprint density at radius 2 is 1.93 bits per heavy atom. The van der Waals surface area contributed by atoms with Crippen molar-refractivity contribution in [2.75, 3.05) is 0 Å². The van der Waals surface area contributed by atoms with Crippen LogP contribution in [0.5, 0.6) is 0 Å². The van der Waals surface area contributed by atoms with E-state index in [1.54, 1.807) is 6.92 Å². The molecule has 0 unspecified atom stereocenters. The minimum atomic E-state index is -0.286. The first-order valence-electron chi connectivity index (χ1n) is 5.23. The standard InChI is InChI=1S/C10H17NO3/c1-2-9(12)11-14-10(13)8-6-4-3-5-7-8/h8H,2-7H2,1H3,(H,11,12). The maximum atomic E-state index is 11.4. The fourth-order valence-corrected chi connectivity index (χ4v) is 1.60. The van der Waals surface area contributed by atoms with Gasteiger partial charge in [-0.05, 0) is 12.8 Å². The Morgan fingerprint density at radius 1 is 1.29 bits per heavy atom.